The molecule has 2 unspecified atom stereocenters. The maximum Gasteiger partial charge on any atom is 0.0471 e. The topological polar surface area (TPSA) is 26.7 Å². The number of aliphatic hydroxyl groups is 1. The van der Waals surface area contributed by atoms with E-state index in [0.29, 0.717) is 12.5 Å². The highest BCUT2D eigenvalue weighted by Gasteiger charge is 2.28. The van der Waals surface area contributed by atoms with E-state index in [1.807, 2.05) is 0 Å². The SMILES string of the molecule is CCN1CCCC1CN1CCC(CO)C1. The Morgan fingerprint density at radius 2 is 2.13 bits per heavy atom. The minimum atomic E-state index is 0.374. The van der Waals surface area contributed by atoms with Crippen LogP contribution in [0.15, 0.2) is 0 Å². The van der Waals surface area contributed by atoms with Crippen molar-refractivity contribution in [2.75, 3.05) is 39.3 Å². The van der Waals surface area contributed by atoms with Gasteiger partial charge in [0.05, 0.1) is 0 Å². The maximum absolute atomic E-state index is 9.11. The summed E-state index contributed by atoms with van der Waals surface area (Å²) in [5.74, 6) is 0.543. The fraction of sp³-hybridized carbons (Fsp3) is 1.00. The van der Waals surface area contributed by atoms with Gasteiger partial charge in [0.15, 0.2) is 0 Å². The van der Waals surface area contributed by atoms with Crippen LogP contribution in [-0.2, 0) is 0 Å². The Morgan fingerprint density at radius 1 is 1.27 bits per heavy atom. The van der Waals surface area contributed by atoms with Crippen molar-refractivity contribution in [2.45, 2.75) is 32.2 Å². The highest BCUT2D eigenvalue weighted by molar-refractivity contribution is 4.84. The Bertz CT molecular complexity index is 198. The molecule has 2 atom stereocenters. The second kappa shape index (κ2) is 5.28. The largest absolute Gasteiger partial charge is 0.396 e. The summed E-state index contributed by atoms with van der Waals surface area (Å²) in [6.07, 6.45) is 3.93. The van der Waals surface area contributed by atoms with Crippen LogP contribution >= 0.6 is 0 Å². The Kier molecular flexibility index (Phi) is 4.00. The second-order valence-electron chi connectivity index (χ2n) is 5.02. The summed E-state index contributed by atoms with van der Waals surface area (Å²) in [4.78, 5) is 5.14. The molecule has 2 rings (SSSR count). The summed E-state index contributed by atoms with van der Waals surface area (Å²) >= 11 is 0. The molecule has 2 aliphatic rings. The van der Waals surface area contributed by atoms with E-state index < -0.39 is 0 Å². The van der Waals surface area contributed by atoms with Gasteiger partial charge in [0.25, 0.3) is 0 Å². The standard InChI is InChI=1S/C12H24N2O/c1-2-14-6-3-4-12(14)9-13-7-5-11(8-13)10-15/h11-12,15H,2-10H2,1H3. The summed E-state index contributed by atoms with van der Waals surface area (Å²) in [6.45, 7) is 8.66. The van der Waals surface area contributed by atoms with E-state index in [0.717, 1.165) is 12.6 Å². The zero-order chi connectivity index (χ0) is 10.7. The first-order valence-corrected chi connectivity index (χ1v) is 6.40. The minimum Gasteiger partial charge on any atom is -0.396 e. The fourth-order valence-electron chi connectivity index (χ4n) is 3.04. The molecule has 2 aliphatic heterocycles. The van der Waals surface area contributed by atoms with Crippen LogP contribution in [0.3, 0.4) is 0 Å². The van der Waals surface area contributed by atoms with E-state index in [1.165, 1.54) is 45.4 Å². The number of hydrogen-bond acceptors (Lipinski definition) is 3. The summed E-state index contributed by atoms with van der Waals surface area (Å²) < 4.78 is 0. The molecule has 15 heavy (non-hydrogen) atoms. The van der Waals surface area contributed by atoms with Crippen molar-refractivity contribution in [2.24, 2.45) is 5.92 Å². The molecule has 3 nitrogen and oxygen atoms in total. The number of likely N-dealkylation sites (tertiary alicyclic amines) is 2. The van der Waals surface area contributed by atoms with E-state index in [4.69, 9.17) is 5.11 Å². The van der Waals surface area contributed by atoms with Gasteiger partial charge < -0.3 is 10.0 Å². The monoisotopic (exact) mass is 212 g/mol. The lowest BCUT2D eigenvalue weighted by molar-refractivity contribution is 0.182. The normalized spacial score (nSPS) is 34.0. The number of aliphatic hydroxyl groups excluding tert-OH is 1. The third-order valence-electron chi connectivity index (χ3n) is 4.00. The van der Waals surface area contributed by atoms with Crippen LogP contribution in [0.1, 0.15) is 26.2 Å². The molecule has 88 valence electrons. The lowest BCUT2D eigenvalue weighted by Crippen LogP contribution is -2.39. The van der Waals surface area contributed by atoms with E-state index >= 15 is 0 Å². The molecule has 0 aliphatic carbocycles. The van der Waals surface area contributed by atoms with Crippen LogP contribution in [0.5, 0.6) is 0 Å². The predicted molar refractivity (Wildman–Crippen MR) is 61.9 cm³/mol. The molecule has 0 radical (unpaired) electrons. The molecule has 0 bridgehead atoms. The molecule has 0 amide bonds. The van der Waals surface area contributed by atoms with Gasteiger partial charge in [-0.3, -0.25) is 4.90 Å². The van der Waals surface area contributed by atoms with Crippen LogP contribution in [0.25, 0.3) is 0 Å². The van der Waals surface area contributed by atoms with Crippen LogP contribution in [0.4, 0.5) is 0 Å². The van der Waals surface area contributed by atoms with Gasteiger partial charge in [0.2, 0.25) is 0 Å². The second-order valence-corrected chi connectivity index (χ2v) is 5.02. The van der Waals surface area contributed by atoms with E-state index in [9.17, 15) is 0 Å². The van der Waals surface area contributed by atoms with Crippen molar-refractivity contribution in [3.63, 3.8) is 0 Å². The van der Waals surface area contributed by atoms with Gasteiger partial charge >= 0.3 is 0 Å². The quantitative estimate of drug-likeness (QED) is 0.746. The molecule has 3 heteroatoms. The first-order valence-electron chi connectivity index (χ1n) is 6.40. The van der Waals surface area contributed by atoms with Crippen LogP contribution in [0.2, 0.25) is 0 Å². The molecule has 2 saturated heterocycles. The van der Waals surface area contributed by atoms with E-state index in [1.54, 1.807) is 0 Å². The summed E-state index contributed by atoms with van der Waals surface area (Å²) in [5.41, 5.74) is 0. The molecule has 0 aromatic carbocycles. The number of hydrogen-bond donors (Lipinski definition) is 1. The molecule has 1 N–H and O–H groups in total. The zero-order valence-electron chi connectivity index (χ0n) is 9.86. The molecule has 0 aromatic heterocycles. The molecule has 0 saturated carbocycles. The highest BCUT2D eigenvalue weighted by atomic mass is 16.3. The Morgan fingerprint density at radius 3 is 2.80 bits per heavy atom. The summed E-state index contributed by atoms with van der Waals surface area (Å²) in [6, 6.07) is 0.785. The van der Waals surface area contributed by atoms with Gasteiger partial charge in [0, 0.05) is 25.7 Å². The number of nitrogens with zero attached hydrogens (tertiary/aromatic N) is 2. The molecule has 0 spiro atoms. The molecular weight excluding hydrogens is 188 g/mol. The molecular formula is C12H24N2O. The van der Waals surface area contributed by atoms with Crippen LogP contribution in [0, 0.1) is 5.92 Å². The molecule has 2 heterocycles. The van der Waals surface area contributed by atoms with E-state index in [2.05, 4.69) is 16.7 Å². The molecule has 0 aromatic rings. The Hall–Kier alpha value is -0.120. The van der Waals surface area contributed by atoms with Crippen LogP contribution in [-0.4, -0.2) is 60.3 Å². The van der Waals surface area contributed by atoms with Crippen molar-refractivity contribution in [3.8, 4) is 0 Å². The van der Waals surface area contributed by atoms with Crippen molar-refractivity contribution < 1.29 is 5.11 Å². The fourth-order valence-corrected chi connectivity index (χ4v) is 3.04. The summed E-state index contributed by atoms with van der Waals surface area (Å²) in [7, 11) is 0. The van der Waals surface area contributed by atoms with Gasteiger partial charge in [-0.25, -0.2) is 0 Å². The van der Waals surface area contributed by atoms with Gasteiger partial charge in [-0.15, -0.1) is 0 Å². The third kappa shape index (κ3) is 2.71. The van der Waals surface area contributed by atoms with Gasteiger partial charge in [0.1, 0.15) is 0 Å². The number of rotatable bonds is 4. The van der Waals surface area contributed by atoms with E-state index in [-0.39, 0.29) is 0 Å². The first kappa shape index (κ1) is 11.4. The summed E-state index contributed by atoms with van der Waals surface area (Å²) in [5, 5.41) is 9.11. The minimum absolute atomic E-state index is 0.374. The van der Waals surface area contributed by atoms with Crippen molar-refractivity contribution in [3.05, 3.63) is 0 Å². The maximum atomic E-state index is 9.11. The van der Waals surface area contributed by atoms with Crippen molar-refractivity contribution >= 4 is 0 Å². The average molecular weight is 212 g/mol. The van der Waals surface area contributed by atoms with Crippen molar-refractivity contribution in [1.29, 1.82) is 0 Å². The zero-order valence-corrected chi connectivity index (χ0v) is 9.86. The van der Waals surface area contributed by atoms with Gasteiger partial charge in [-0.05, 0) is 44.8 Å². The Labute approximate surface area is 93.1 Å². The van der Waals surface area contributed by atoms with Crippen molar-refractivity contribution in [1.82, 2.24) is 9.80 Å². The number of likely N-dealkylation sites (N-methyl/N-ethyl adjacent to an activating group) is 1. The lowest BCUT2D eigenvalue weighted by atomic mass is 10.1. The Balaban J connectivity index is 1.77. The smallest absolute Gasteiger partial charge is 0.0471 e. The van der Waals surface area contributed by atoms with Gasteiger partial charge in [-0.2, -0.15) is 0 Å². The lowest BCUT2D eigenvalue weighted by Gasteiger charge is -2.27. The van der Waals surface area contributed by atoms with Gasteiger partial charge in [-0.1, -0.05) is 6.92 Å². The molecule has 2 fully saturated rings. The highest BCUT2D eigenvalue weighted by Crippen LogP contribution is 2.21. The van der Waals surface area contributed by atoms with Crippen LogP contribution < -0.4 is 0 Å². The average Bonchev–Trinajstić information content (AvgIpc) is 2.87. The predicted octanol–water partition coefficient (Wildman–Crippen LogP) is 0.785. The first-order chi connectivity index (χ1) is 7.33. The third-order valence-corrected chi connectivity index (χ3v) is 4.00.